The number of unbranched alkanes of at least 4 members (excludes halogenated alkanes) is 1. The smallest absolute Gasteiger partial charge is 0.328 e. The molecule has 4 heterocycles. The number of methoxy groups -OCH3 is 2. The molecule has 1 N–H and O–H groups in total. The Morgan fingerprint density at radius 3 is 2.69 bits per heavy atom. The highest BCUT2D eigenvalue weighted by Gasteiger charge is 2.36. The van der Waals surface area contributed by atoms with Crippen LogP contribution in [0.2, 0.25) is 0 Å². The van der Waals surface area contributed by atoms with Gasteiger partial charge < -0.3 is 19.4 Å². The summed E-state index contributed by atoms with van der Waals surface area (Å²) in [6.45, 7) is 5.63. The van der Waals surface area contributed by atoms with Crippen molar-refractivity contribution in [3.8, 4) is 11.6 Å². The number of aromatic amines is 1. The second-order valence-electron chi connectivity index (χ2n) is 9.39. The van der Waals surface area contributed by atoms with Gasteiger partial charge in [-0.15, -0.1) is 11.3 Å². The number of H-pyrrole nitrogens is 1. The second kappa shape index (κ2) is 9.47. The molecular weight excluding hydrogens is 464 g/mol. The van der Waals surface area contributed by atoms with E-state index in [1.807, 2.05) is 18.2 Å². The van der Waals surface area contributed by atoms with Crippen molar-refractivity contribution in [2.45, 2.75) is 38.1 Å². The van der Waals surface area contributed by atoms with Gasteiger partial charge in [0, 0.05) is 30.1 Å². The van der Waals surface area contributed by atoms with Gasteiger partial charge in [-0.25, -0.2) is 9.78 Å². The second-order valence-corrected chi connectivity index (χ2v) is 10.4. The topological polar surface area (TPSA) is 89.5 Å². The zero-order chi connectivity index (χ0) is 24.6. The molecule has 0 radical (unpaired) electrons. The van der Waals surface area contributed by atoms with E-state index in [4.69, 9.17) is 9.47 Å². The van der Waals surface area contributed by atoms with E-state index in [2.05, 4.69) is 33.9 Å². The number of aromatic nitrogens is 3. The summed E-state index contributed by atoms with van der Waals surface area (Å²) in [7, 11) is 3.27. The number of pyridine rings is 1. The van der Waals surface area contributed by atoms with Crippen molar-refractivity contribution in [3.05, 3.63) is 62.8 Å². The van der Waals surface area contributed by atoms with E-state index in [9.17, 15) is 9.59 Å². The molecule has 1 aliphatic rings. The fourth-order valence-electron chi connectivity index (χ4n) is 5.15. The van der Waals surface area contributed by atoms with Crippen molar-refractivity contribution in [2.75, 3.05) is 33.9 Å². The standard InChI is InChI=1S/C26H30N4O4S/c1-26(17-8-4-5-9-18(17)33-2)12-15-29(16-26)13-6-7-14-30-24(31)23-22(28-25(30)32)21-19(35-23)10-11-20(27-21)34-3/h4-5,8-11H,6-7,12-16H2,1-3H3,(H,28,32)/t26-/m1/s1. The van der Waals surface area contributed by atoms with Gasteiger partial charge in [0.25, 0.3) is 5.56 Å². The van der Waals surface area contributed by atoms with Crippen LogP contribution in [0.25, 0.3) is 20.4 Å². The zero-order valence-electron chi connectivity index (χ0n) is 20.3. The van der Waals surface area contributed by atoms with E-state index >= 15 is 0 Å². The molecule has 0 saturated carbocycles. The van der Waals surface area contributed by atoms with Crippen molar-refractivity contribution in [1.82, 2.24) is 19.4 Å². The van der Waals surface area contributed by atoms with Crippen LogP contribution in [0.1, 0.15) is 31.7 Å². The Labute approximate surface area is 207 Å². The molecular formula is C26H30N4O4S. The first-order valence-corrected chi connectivity index (χ1v) is 12.7. The average Bonchev–Trinajstić information content (AvgIpc) is 3.44. The van der Waals surface area contributed by atoms with Crippen LogP contribution < -0.4 is 20.7 Å². The number of benzene rings is 1. The number of nitrogens with one attached hydrogen (secondary N) is 1. The SMILES string of the molecule is COc1ccc2sc3c(=O)n(CCCCN4CC[C@@](C)(c5ccccc5OC)C4)c(=O)[nH]c3c2n1. The third kappa shape index (κ3) is 4.34. The Kier molecular flexibility index (Phi) is 6.37. The third-order valence-electron chi connectivity index (χ3n) is 7.05. The molecule has 0 unspecified atom stereocenters. The molecule has 3 aromatic heterocycles. The number of rotatable bonds is 8. The molecule has 1 aromatic carbocycles. The highest BCUT2D eigenvalue weighted by Crippen LogP contribution is 2.39. The first-order chi connectivity index (χ1) is 16.9. The highest BCUT2D eigenvalue weighted by molar-refractivity contribution is 7.25. The molecule has 1 atom stereocenters. The maximum absolute atomic E-state index is 13.1. The van der Waals surface area contributed by atoms with Gasteiger partial charge in [-0.3, -0.25) is 9.36 Å². The normalized spacial score (nSPS) is 18.5. The number of para-hydroxylation sites is 1. The summed E-state index contributed by atoms with van der Waals surface area (Å²) >= 11 is 1.35. The van der Waals surface area contributed by atoms with Crippen molar-refractivity contribution in [1.29, 1.82) is 0 Å². The van der Waals surface area contributed by atoms with Crippen LogP contribution in [0.15, 0.2) is 46.0 Å². The van der Waals surface area contributed by atoms with Crippen LogP contribution in [0.5, 0.6) is 11.6 Å². The van der Waals surface area contributed by atoms with Gasteiger partial charge in [0.15, 0.2) is 0 Å². The lowest BCUT2D eigenvalue weighted by Crippen LogP contribution is -2.35. The number of hydrogen-bond acceptors (Lipinski definition) is 7. The zero-order valence-corrected chi connectivity index (χ0v) is 21.1. The fraction of sp³-hybridized carbons (Fsp3) is 0.423. The molecule has 35 heavy (non-hydrogen) atoms. The van der Waals surface area contributed by atoms with Gasteiger partial charge in [0.05, 0.1) is 24.4 Å². The predicted octanol–water partition coefficient (Wildman–Crippen LogP) is 3.76. The minimum absolute atomic E-state index is 0.0591. The number of hydrogen-bond donors (Lipinski definition) is 1. The Morgan fingerprint density at radius 1 is 1.09 bits per heavy atom. The van der Waals surface area contributed by atoms with E-state index in [1.54, 1.807) is 20.3 Å². The Balaban J connectivity index is 1.25. The molecule has 0 spiro atoms. The summed E-state index contributed by atoms with van der Waals surface area (Å²) in [5.74, 6) is 1.40. The highest BCUT2D eigenvalue weighted by atomic mass is 32.1. The maximum Gasteiger partial charge on any atom is 0.328 e. The van der Waals surface area contributed by atoms with Gasteiger partial charge in [-0.1, -0.05) is 25.1 Å². The summed E-state index contributed by atoms with van der Waals surface area (Å²) in [6, 6.07) is 11.9. The van der Waals surface area contributed by atoms with Crippen LogP contribution in [-0.4, -0.2) is 53.3 Å². The molecule has 1 fully saturated rings. The van der Waals surface area contributed by atoms with Crippen molar-refractivity contribution in [3.63, 3.8) is 0 Å². The van der Waals surface area contributed by atoms with Gasteiger partial charge in [0.2, 0.25) is 5.88 Å². The number of fused-ring (bicyclic) bond motifs is 3. The van der Waals surface area contributed by atoms with Crippen LogP contribution in [-0.2, 0) is 12.0 Å². The van der Waals surface area contributed by atoms with Gasteiger partial charge >= 0.3 is 5.69 Å². The summed E-state index contributed by atoms with van der Waals surface area (Å²) in [4.78, 5) is 35.6. The first-order valence-electron chi connectivity index (χ1n) is 11.9. The predicted molar refractivity (Wildman–Crippen MR) is 139 cm³/mol. The third-order valence-corrected chi connectivity index (χ3v) is 8.18. The van der Waals surface area contributed by atoms with Crippen molar-refractivity contribution in [2.24, 2.45) is 0 Å². The molecule has 5 rings (SSSR count). The molecule has 1 saturated heterocycles. The molecule has 4 aromatic rings. The van der Waals surface area contributed by atoms with E-state index in [1.165, 1.54) is 21.5 Å². The van der Waals surface area contributed by atoms with Crippen LogP contribution in [0, 0.1) is 0 Å². The lowest BCUT2D eigenvalue weighted by Gasteiger charge is -2.27. The molecule has 9 heteroatoms. The summed E-state index contributed by atoms with van der Waals surface area (Å²) < 4.78 is 13.5. The monoisotopic (exact) mass is 494 g/mol. The summed E-state index contributed by atoms with van der Waals surface area (Å²) in [5, 5.41) is 0. The number of likely N-dealkylation sites (tertiary alicyclic amines) is 1. The van der Waals surface area contributed by atoms with E-state index in [-0.39, 0.29) is 11.0 Å². The van der Waals surface area contributed by atoms with Crippen molar-refractivity contribution < 1.29 is 9.47 Å². The van der Waals surface area contributed by atoms with Gasteiger partial charge in [-0.05, 0) is 44.5 Å². The largest absolute Gasteiger partial charge is 0.496 e. The lowest BCUT2D eigenvalue weighted by molar-refractivity contribution is 0.302. The number of ether oxygens (including phenoxy) is 2. The first kappa shape index (κ1) is 23.6. The van der Waals surface area contributed by atoms with E-state index < -0.39 is 5.69 Å². The van der Waals surface area contributed by atoms with E-state index in [0.717, 1.165) is 49.3 Å². The minimum Gasteiger partial charge on any atom is -0.496 e. The van der Waals surface area contributed by atoms with Gasteiger partial charge in [-0.2, -0.15) is 0 Å². The number of thiophene rings is 1. The maximum atomic E-state index is 13.1. The van der Waals surface area contributed by atoms with Crippen LogP contribution in [0.3, 0.4) is 0 Å². The molecule has 0 amide bonds. The Morgan fingerprint density at radius 2 is 1.89 bits per heavy atom. The lowest BCUT2D eigenvalue weighted by atomic mass is 9.81. The van der Waals surface area contributed by atoms with Crippen LogP contribution in [0.4, 0.5) is 0 Å². The van der Waals surface area contributed by atoms with Gasteiger partial charge in [0.1, 0.15) is 16.0 Å². The summed E-state index contributed by atoms with van der Waals surface area (Å²) in [6.07, 6.45) is 2.75. The molecule has 8 nitrogen and oxygen atoms in total. The molecule has 0 aliphatic carbocycles. The molecule has 1 aliphatic heterocycles. The molecule has 0 bridgehead atoms. The van der Waals surface area contributed by atoms with Crippen molar-refractivity contribution >= 4 is 31.8 Å². The fourth-order valence-corrected chi connectivity index (χ4v) is 6.19. The quantitative estimate of drug-likeness (QED) is 0.375. The molecule has 184 valence electrons. The number of nitrogens with zero attached hydrogens (tertiary/aromatic N) is 3. The van der Waals surface area contributed by atoms with Crippen LogP contribution >= 0.6 is 11.3 Å². The average molecular weight is 495 g/mol. The van der Waals surface area contributed by atoms with E-state index in [0.29, 0.717) is 28.2 Å². The minimum atomic E-state index is -0.392. The Hall–Kier alpha value is -3.17. The summed E-state index contributed by atoms with van der Waals surface area (Å²) in [5.41, 5.74) is 1.75. The Bertz CT molecular complexity index is 1490.